The molecule has 0 saturated carbocycles. The number of ether oxygens (including phenoxy) is 1. The molecular weight excluding hydrogens is 423 g/mol. The van der Waals surface area contributed by atoms with Gasteiger partial charge in [0.25, 0.3) is 0 Å². The number of hydrogen-bond acceptors (Lipinski definition) is 5. The summed E-state index contributed by atoms with van der Waals surface area (Å²) in [6.07, 6.45) is -0.0883. The normalized spacial score (nSPS) is 17.7. The number of nitrogens with one attached hydrogen (secondary N) is 1. The molecular formula is C19H23ClF3N5O2. The number of carbonyl (C=O) groups excluding carboxylic acids is 1. The van der Waals surface area contributed by atoms with Gasteiger partial charge in [0.05, 0.1) is 6.20 Å². The van der Waals surface area contributed by atoms with Crippen molar-refractivity contribution in [2.45, 2.75) is 51.6 Å². The number of alkyl halides is 3. The average molecular weight is 446 g/mol. The maximum atomic E-state index is 12.9. The van der Waals surface area contributed by atoms with Gasteiger partial charge in [-0.05, 0) is 39.7 Å². The molecule has 1 aliphatic heterocycles. The predicted octanol–water partition coefficient (Wildman–Crippen LogP) is 4.57. The molecule has 3 rings (SSSR count). The lowest BCUT2D eigenvalue weighted by Gasteiger charge is -2.36. The van der Waals surface area contributed by atoms with Gasteiger partial charge in [-0.3, -0.25) is 0 Å². The number of carbonyl (C=O) groups is 1. The van der Waals surface area contributed by atoms with E-state index in [0.29, 0.717) is 24.3 Å². The van der Waals surface area contributed by atoms with Crippen molar-refractivity contribution < 1.29 is 22.7 Å². The van der Waals surface area contributed by atoms with Gasteiger partial charge in [0.2, 0.25) is 0 Å². The van der Waals surface area contributed by atoms with E-state index in [2.05, 4.69) is 15.4 Å². The van der Waals surface area contributed by atoms with E-state index in [4.69, 9.17) is 16.3 Å². The number of aromatic nitrogens is 3. The minimum Gasteiger partial charge on any atom is -0.444 e. The second-order valence-corrected chi connectivity index (χ2v) is 8.48. The number of amides is 1. The van der Waals surface area contributed by atoms with Crippen molar-refractivity contribution in [1.29, 1.82) is 0 Å². The van der Waals surface area contributed by atoms with Crippen molar-refractivity contribution in [3.05, 3.63) is 29.8 Å². The van der Waals surface area contributed by atoms with Gasteiger partial charge in [0.1, 0.15) is 10.8 Å². The van der Waals surface area contributed by atoms with E-state index >= 15 is 0 Å². The van der Waals surface area contributed by atoms with Crippen molar-refractivity contribution >= 4 is 23.4 Å². The van der Waals surface area contributed by atoms with Crippen LogP contribution in [-0.2, 0) is 11.0 Å². The van der Waals surface area contributed by atoms with E-state index in [-0.39, 0.29) is 21.4 Å². The van der Waals surface area contributed by atoms with Crippen LogP contribution in [0, 0.1) is 0 Å². The van der Waals surface area contributed by atoms with Gasteiger partial charge in [-0.1, -0.05) is 11.6 Å². The van der Waals surface area contributed by atoms with Crippen LogP contribution >= 0.6 is 11.6 Å². The lowest BCUT2D eigenvalue weighted by Crippen LogP contribution is -2.49. The summed E-state index contributed by atoms with van der Waals surface area (Å²) in [6, 6.07) is 1.43. The number of pyridine rings is 1. The number of anilines is 1. The highest BCUT2D eigenvalue weighted by molar-refractivity contribution is 6.29. The van der Waals surface area contributed by atoms with Gasteiger partial charge in [-0.25, -0.2) is 9.78 Å². The Bertz CT molecular complexity index is 910. The van der Waals surface area contributed by atoms with Crippen LogP contribution in [-0.4, -0.2) is 45.6 Å². The summed E-state index contributed by atoms with van der Waals surface area (Å²) in [5.41, 5.74) is 0.775. The number of halogens is 4. The summed E-state index contributed by atoms with van der Waals surface area (Å²) in [5.74, 6) is 0. The Hall–Kier alpha value is -2.49. The van der Waals surface area contributed by atoms with Crippen LogP contribution in [0.4, 0.5) is 23.7 Å². The molecule has 0 bridgehead atoms. The maximum absolute atomic E-state index is 12.9. The SMILES string of the molecule is CC(C)(C)OC(=O)N[C@H]1CCCN(c2cc(Cl)ncc2-c2cnn(C(F)(F)F)c2)C1. The van der Waals surface area contributed by atoms with Crippen LogP contribution < -0.4 is 10.2 Å². The fourth-order valence-corrected chi connectivity index (χ4v) is 3.44. The number of piperidine rings is 1. The number of hydrogen-bond donors (Lipinski definition) is 1. The van der Waals surface area contributed by atoms with Crippen LogP contribution in [0.1, 0.15) is 33.6 Å². The van der Waals surface area contributed by atoms with Crippen molar-refractivity contribution in [3.63, 3.8) is 0 Å². The molecule has 2 aromatic heterocycles. The molecule has 0 spiro atoms. The first kappa shape index (κ1) is 22.2. The molecule has 0 unspecified atom stereocenters. The Balaban J connectivity index is 1.82. The minimum atomic E-state index is -4.61. The number of alkyl carbamates (subject to hydrolysis) is 1. The monoisotopic (exact) mass is 445 g/mol. The molecule has 0 radical (unpaired) electrons. The van der Waals surface area contributed by atoms with Crippen LogP contribution in [0.25, 0.3) is 11.1 Å². The van der Waals surface area contributed by atoms with Crippen molar-refractivity contribution in [1.82, 2.24) is 20.1 Å². The largest absolute Gasteiger partial charge is 0.504 e. The quantitative estimate of drug-likeness (QED) is 0.701. The highest BCUT2D eigenvalue weighted by Crippen LogP contribution is 2.35. The van der Waals surface area contributed by atoms with Gasteiger partial charge >= 0.3 is 12.4 Å². The van der Waals surface area contributed by atoms with Crippen LogP contribution in [0.5, 0.6) is 0 Å². The van der Waals surface area contributed by atoms with Crippen molar-refractivity contribution in [3.8, 4) is 11.1 Å². The van der Waals surface area contributed by atoms with E-state index in [1.165, 1.54) is 6.20 Å². The van der Waals surface area contributed by atoms with Crippen LogP contribution in [0.15, 0.2) is 24.7 Å². The standard InChI is InChI=1S/C19H23ClF3N5O2/c1-18(2,3)30-17(29)26-13-5-4-6-27(11-13)15-7-16(20)24-9-14(15)12-8-25-28(10-12)19(21,22)23/h7-10,13H,4-6,11H2,1-3H3,(H,26,29)/t13-/m0/s1. The fourth-order valence-electron chi connectivity index (χ4n) is 3.29. The number of rotatable bonds is 3. The lowest BCUT2D eigenvalue weighted by molar-refractivity contribution is -0.212. The van der Waals surface area contributed by atoms with E-state index in [9.17, 15) is 18.0 Å². The molecule has 1 N–H and O–H groups in total. The molecule has 2 aromatic rings. The Morgan fingerprint density at radius 2 is 2.03 bits per heavy atom. The second-order valence-electron chi connectivity index (χ2n) is 8.10. The topological polar surface area (TPSA) is 72.3 Å². The number of nitrogens with zero attached hydrogens (tertiary/aromatic N) is 4. The summed E-state index contributed by atoms with van der Waals surface area (Å²) in [4.78, 5) is 18.1. The molecule has 1 fully saturated rings. The van der Waals surface area contributed by atoms with Crippen LogP contribution in [0.2, 0.25) is 5.15 Å². The van der Waals surface area contributed by atoms with Gasteiger partial charge in [-0.15, -0.1) is 13.2 Å². The molecule has 11 heteroatoms. The molecule has 1 atom stereocenters. The molecule has 1 saturated heterocycles. The molecule has 0 aliphatic carbocycles. The summed E-state index contributed by atoms with van der Waals surface area (Å²) >= 11 is 6.07. The summed E-state index contributed by atoms with van der Waals surface area (Å²) in [5, 5.41) is 6.48. The predicted molar refractivity (Wildman–Crippen MR) is 106 cm³/mol. The minimum absolute atomic E-state index is 0.0518. The Labute approximate surface area is 177 Å². The first-order chi connectivity index (χ1) is 13.9. The molecule has 3 heterocycles. The molecule has 7 nitrogen and oxygen atoms in total. The highest BCUT2D eigenvalue weighted by atomic mass is 35.5. The van der Waals surface area contributed by atoms with Gasteiger partial charge in [0.15, 0.2) is 0 Å². The Morgan fingerprint density at radius 3 is 2.67 bits per heavy atom. The maximum Gasteiger partial charge on any atom is 0.504 e. The molecule has 0 aromatic carbocycles. The third-order valence-corrected chi connectivity index (χ3v) is 4.69. The van der Waals surface area contributed by atoms with Crippen molar-refractivity contribution in [2.75, 3.05) is 18.0 Å². The van der Waals surface area contributed by atoms with E-state index in [0.717, 1.165) is 25.2 Å². The summed E-state index contributed by atoms with van der Waals surface area (Å²) in [7, 11) is 0. The van der Waals surface area contributed by atoms with Crippen molar-refractivity contribution in [2.24, 2.45) is 0 Å². The Morgan fingerprint density at radius 1 is 1.30 bits per heavy atom. The van der Waals surface area contributed by atoms with Gasteiger partial charge in [0, 0.05) is 48.3 Å². The van der Waals surface area contributed by atoms with E-state index in [1.54, 1.807) is 26.8 Å². The molecule has 1 amide bonds. The third-order valence-electron chi connectivity index (χ3n) is 4.49. The third kappa shape index (κ3) is 5.56. The van der Waals surface area contributed by atoms with Gasteiger partial charge < -0.3 is 15.0 Å². The highest BCUT2D eigenvalue weighted by Gasteiger charge is 2.32. The fraction of sp³-hybridized carbons (Fsp3) is 0.526. The first-order valence-electron chi connectivity index (χ1n) is 9.44. The zero-order valence-electron chi connectivity index (χ0n) is 16.8. The molecule has 1 aliphatic rings. The first-order valence-corrected chi connectivity index (χ1v) is 9.82. The summed E-state index contributed by atoms with van der Waals surface area (Å²) < 4.78 is 44.0. The summed E-state index contributed by atoms with van der Waals surface area (Å²) in [6.45, 7) is 6.47. The van der Waals surface area contributed by atoms with E-state index < -0.39 is 18.0 Å². The second kappa shape index (κ2) is 8.33. The van der Waals surface area contributed by atoms with Crippen LogP contribution in [0.3, 0.4) is 0 Å². The van der Waals surface area contributed by atoms with E-state index in [1.807, 2.05) is 4.90 Å². The molecule has 30 heavy (non-hydrogen) atoms. The lowest BCUT2D eigenvalue weighted by atomic mass is 10.0. The Kier molecular flexibility index (Phi) is 6.16. The molecule has 164 valence electrons. The average Bonchev–Trinajstić information content (AvgIpc) is 3.10. The zero-order chi connectivity index (χ0) is 22.1. The zero-order valence-corrected chi connectivity index (χ0v) is 17.6. The smallest absolute Gasteiger partial charge is 0.444 e. The van der Waals surface area contributed by atoms with Gasteiger partial charge in [-0.2, -0.15) is 9.78 Å².